The summed E-state index contributed by atoms with van der Waals surface area (Å²) in [6, 6.07) is 7.19. The molecule has 2 saturated heterocycles. The Balaban J connectivity index is 1.50. The molecule has 3 rings (SSSR count). The van der Waals surface area contributed by atoms with Gasteiger partial charge in [-0.2, -0.15) is 0 Å². The third-order valence-corrected chi connectivity index (χ3v) is 5.35. The highest BCUT2D eigenvalue weighted by Crippen LogP contribution is 2.19. The summed E-state index contributed by atoms with van der Waals surface area (Å²) in [5.41, 5.74) is 0.528. The van der Waals surface area contributed by atoms with Crippen molar-refractivity contribution in [1.29, 1.82) is 0 Å². The van der Waals surface area contributed by atoms with Crippen LogP contribution < -0.4 is 10.1 Å². The molecule has 0 aliphatic carbocycles. The van der Waals surface area contributed by atoms with Gasteiger partial charge in [-0.25, -0.2) is 0 Å². The molecule has 7 nitrogen and oxygen atoms in total. The standard InChI is InChI=1S/C21H31N3O4/c1-2-28-19-8-6-17(7-9-19)21(26)22-15-20(25)24-10-4-3-5-18(24)16-23-11-13-27-14-12-23/h6-9,18H,2-5,10-16H2,1H3,(H,22,26). The Morgan fingerprint density at radius 3 is 2.61 bits per heavy atom. The fraction of sp³-hybridized carbons (Fsp3) is 0.619. The zero-order valence-corrected chi connectivity index (χ0v) is 16.7. The molecule has 2 amide bonds. The highest BCUT2D eigenvalue weighted by Gasteiger charge is 2.28. The Morgan fingerprint density at radius 1 is 1.14 bits per heavy atom. The van der Waals surface area contributed by atoms with Gasteiger partial charge in [0.05, 0.1) is 26.4 Å². The first-order valence-corrected chi connectivity index (χ1v) is 10.3. The zero-order chi connectivity index (χ0) is 19.8. The van der Waals surface area contributed by atoms with Gasteiger partial charge < -0.3 is 19.7 Å². The molecule has 154 valence electrons. The lowest BCUT2D eigenvalue weighted by molar-refractivity contribution is -0.134. The molecule has 0 radical (unpaired) electrons. The van der Waals surface area contributed by atoms with E-state index in [9.17, 15) is 9.59 Å². The summed E-state index contributed by atoms with van der Waals surface area (Å²) in [5.74, 6) is 0.491. The number of ether oxygens (including phenoxy) is 2. The van der Waals surface area contributed by atoms with Gasteiger partial charge in [-0.1, -0.05) is 0 Å². The van der Waals surface area contributed by atoms with E-state index in [1.54, 1.807) is 24.3 Å². The van der Waals surface area contributed by atoms with Crippen molar-refractivity contribution in [1.82, 2.24) is 15.1 Å². The largest absolute Gasteiger partial charge is 0.494 e. The molecule has 1 unspecified atom stereocenters. The number of carbonyl (C=O) groups excluding carboxylic acids is 2. The van der Waals surface area contributed by atoms with Gasteiger partial charge in [-0.05, 0) is 50.5 Å². The van der Waals surface area contributed by atoms with Crippen molar-refractivity contribution in [3.05, 3.63) is 29.8 Å². The van der Waals surface area contributed by atoms with E-state index >= 15 is 0 Å². The second-order valence-electron chi connectivity index (χ2n) is 7.29. The molecule has 0 spiro atoms. The number of likely N-dealkylation sites (tertiary alicyclic amines) is 1. The van der Waals surface area contributed by atoms with E-state index in [0.717, 1.165) is 64.4 Å². The van der Waals surface area contributed by atoms with Crippen molar-refractivity contribution in [3.63, 3.8) is 0 Å². The quantitative estimate of drug-likeness (QED) is 0.766. The summed E-state index contributed by atoms with van der Waals surface area (Å²) < 4.78 is 10.8. The summed E-state index contributed by atoms with van der Waals surface area (Å²) in [6.45, 7) is 7.57. The summed E-state index contributed by atoms with van der Waals surface area (Å²) in [4.78, 5) is 29.5. The lowest BCUT2D eigenvalue weighted by atomic mass is 10.0. The molecule has 1 N–H and O–H groups in total. The summed E-state index contributed by atoms with van der Waals surface area (Å²) in [5, 5.41) is 2.77. The molecular formula is C21H31N3O4. The molecule has 2 heterocycles. The third-order valence-electron chi connectivity index (χ3n) is 5.35. The van der Waals surface area contributed by atoms with E-state index < -0.39 is 0 Å². The Labute approximate surface area is 167 Å². The van der Waals surface area contributed by atoms with E-state index in [-0.39, 0.29) is 24.4 Å². The number of morpholine rings is 1. The molecule has 7 heteroatoms. The summed E-state index contributed by atoms with van der Waals surface area (Å²) in [6.07, 6.45) is 3.20. The average Bonchev–Trinajstić information content (AvgIpc) is 2.74. The van der Waals surface area contributed by atoms with Crippen LogP contribution in [0.5, 0.6) is 5.75 Å². The number of nitrogens with zero attached hydrogens (tertiary/aromatic N) is 2. The van der Waals surface area contributed by atoms with Crippen LogP contribution in [-0.4, -0.2) is 80.2 Å². The highest BCUT2D eigenvalue weighted by atomic mass is 16.5. The van der Waals surface area contributed by atoms with Crippen LogP contribution in [0.4, 0.5) is 0 Å². The van der Waals surface area contributed by atoms with Crippen molar-refractivity contribution < 1.29 is 19.1 Å². The maximum Gasteiger partial charge on any atom is 0.251 e. The van der Waals surface area contributed by atoms with Crippen LogP contribution >= 0.6 is 0 Å². The first-order chi connectivity index (χ1) is 13.7. The molecule has 0 bridgehead atoms. The fourth-order valence-electron chi connectivity index (χ4n) is 3.83. The predicted molar refractivity (Wildman–Crippen MR) is 107 cm³/mol. The first kappa shape index (κ1) is 20.6. The molecule has 2 aliphatic rings. The van der Waals surface area contributed by atoms with Crippen LogP contribution in [0.2, 0.25) is 0 Å². The van der Waals surface area contributed by atoms with Crippen LogP contribution in [0.25, 0.3) is 0 Å². The number of hydrogen-bond acceptors (Lipinski definition) is 5. The minimum atomic E-state index is -0.238. The zero-order valence-electron chi connectivity index (χ0n) is 16.7. The number of amides is 2. The van der Waals surface area contributed by atoms with Gasteiger partial charge in [0.1, 0.15) is 5.75 Å². The minimum absolute atomic E-state index is 0.00255. The number of carbonyl (C=O) groups is 2. The smallest absolute Gasteiger partial charge is 0.251 e. The molecule has 0 aromatic heterocycles. The van der Waals surface area contributed by atoms with Gasteiger partial charge in [0.25, 0.3) is 5.91 Å². The lowest BCUT2D eigenvalue weighted by Gasteiger charge is -2.39. The normalized spacial score (nSPS) is 20.6. The topological polar surface area (TPSA) is 71.1 Å². The van der Waals surface area contributed by atoms with Gasteiger partial charge >= 0.3 is 0 Å². The monoisotopic (exact) mass is 389 g/mol. The van der Waals surface area contributed by atoms with E-state index in [0.29, 0.717) is 12.2 Å². The second kappa shape index (κ2) is 10.4. The molecular weight excluding hydrogens is 358 g/mol. The predicted octanol–water partition coefficient (Wildman–Crippen LogP) is 1.53. The molecule has 2 fully saturated rings. The number of hydrogen-bond donors (Lipinski definition) is 1. The SMILES string of the molecule is CCOc1ccc(C(=O)NCC(=O)N2CCCCC2CN2CCOCC2)cc1. The van der Waals surface area contributed by atoms with E-state index in [2.05, 4.69) is 10.2 Å². The van der Waals surface area contributed by atoms with E-state index in [1.165, 1.54) is 0 Å². The van der Waals surface area contributed by atoms with Crippen LogP contribution in [0, 0.1) is 0 Å². The van der Waals surface area contributed by atoms with Gasteiger partial charge in [0.15, 0.2) is 0 Å². The molecule has 0 saturated carbocycles. The Bertz CT molecular complexity index is 644. The fourth-order valence-corrected chi connectivity index (χ4v) is 3.83. The van der Waals surface area contributed by atoms with Crippen LogP contribution in [0.3, 0.4) is 0 Å². The molecule has 1 atom stereocenters. The van der Waals surface area contributed by atoms with E-state index in [4.69, 9.17) is 9.47 Å². The van der Waals surface area contributed by atoms with Crippen molar-refractivity contribution in [2.75, 3.05) is 52.5 Å². The Hall–Kier alpha value is -2.12. The van der Waals surface area contributed by atoms with E-state index in [1.807, 2.05) is 11.8 Å². The van der Waals surface area contributed by atoms with Crippen LogP contribution in [0.1, 0.15) is 36.5 Å². The van der Waals surface area contributed by atoms with Crippen molar-refractivity contribution in [3.8, 4) is 5.75 Å². The van der Waals surface area contributed by atoms with Crippen LogP contribution in [0.15, 0.2) is 24.3 Å². The minimum Gasteiger partial charge on any atom is -0.494 e. The van der Waals surface area contributed by atoms with Gasteiger partial charge in [-0.3, -0.25) is 14.5 Å². The molecule has 1 aromatic carbocycles. The molecule has 28 heavy (non-hydrogen) atoms. The highest BCUT2D eigenvalue weighted by molar-refractivity contribution is 5.96. The Morgan fingerprint density at radius 2 is 1.89 bits per heavy atom. The number of piperidine rings is 1. The van der Waals surface area contributed by atoms with Crippen LogP contribution in [-0.2, 0) is 9.53 Å². The Kier molecular flexibility index (Phi) is 7.68. The third kappa shape index (κ3) is 5.69. The summed E-state index contributed by atoms with van der Waals surface area (Å²) in [7, 11) is 0. The number of rotatable bonds is 7. The lowest BCUT2D eigenvalue weighted by Crippen LogP contribution is -2.53. The van der Waals surface area contributed by atoms with Gasteiger partial charge in [-0.15, -0.1) is 0 Å². The van der Waals surface area contributed by atoms with Crippen molar-refractivity contribution in [2.45, 2.75) is 32.2 Å². The molecule has 2 aliphatic heterocycles. The molecule has 1 aromatic rings. The van der Waals surface area contributed by atoms with Crippen molar-refractivity contribution >= 4 is 11.8 Å². The second-order valence-corrected chi connectivity index (χ2v) is 7.29. The van der Waals surface area contributed by atoms with Gasteiger partial charge in [0.2, 0.25) is 5.91 Å². The maximum atomic E-state index is 12.8. The summed E-state index contributed by atoms with van der Waals surface area (Å²) >= 11 is 0. The maximum absolute atomic E-state index is 12.8. The first-order valence-electron chi connectivity index (χ1n) is 10.3. The van der Waals surface area contributed by atoms with Gasteiger partial charge in [0, 0.05) is 37.8 Å². The van der Waals surface area contributed by atoms with Crippen molar-refractivity contribution in [2.24, 2.45) is 0 Å². The number of benzene rings is 1. The average molecular weight is 389 g/mol. The number of nitrogens with one attached hydrogen (secondary N) is 1.